The first-order valence-corrected chi connectivity index (χ1v) is 9.02. The summed E-state index contributed by atoms with van der Waals surface area (Å²) in [4.78, 5) is 12.2. The summed E-state index contributed by atoms with van der Waals surface area (Å²) in [6.45, 7) is 5.24. The first kappa shape index (κ1) is 15.5. The molecule has 0 fully saturated rings. The second kappa shape index (κ2) is 6.08. The molecule has 102 valence electrons. The fourth-order valence-corrected chi connectivity index (χ4v) is 4.96. The Hall–Kier alpha value is -0.530. The minimum absolute atomic E-state index is 0.234. The summed E-state index contributed by atoms with van der Waals surface area (Å²) in [5, 5.41) is -0.506. The Morgan fingerprint density at radius 1 is 1.50 bits per heavy atom. The molecule has 4 nitrogen and oxygen atoms in total. The molecule has 0 aromatic carbocycles. The average molecular weight is 308 g/mol. The van der Waals surface area contributed by atoms with Crippen LogP contribution in [0.2, 0.25) is 0 Å². The second-order valence-electron chi connectivity index (χ2n) is 3.78. The number of esters is 1. The van der Waals surface area contributed by atoms with E-state index in [9.17, 15) is 13.2 Å². The summed E-state index contributed by atoms with van der Waals surface area (Å²) in [7, 11) is -3.37. The molecule has 1 aromatic rings. The van der Waals surface area contributed by atoms with Crippen LogP contribution in [0.25, 0.3) is 0 Å². The molecule has 0 bridgehead atoms. The monoisotopic (exact) mass is 308 g/mol. The van der Waals surface area contributed by atoms with Crippen molar-refractivity contribution < 1.29 is 17.9 Å². The van der Waals surface area contributed by atoms with Crippen molar-refractivity contribution in [1.82, 2.24) is 0 Å². The quantitative estimate of drug-likeness (QED) is 0.618. The molecular weight excluding hydrogens is 292 g/mol. The highest BCUT2D eigenvalue weighted by Gasteiger charge is 2.27. The fraction of sp³-hybridized carbons (Fsp3) is 0.545. The van der Waals surface area contributed by atoms with Gasteiger partial charge in [-0.2, -0.15) is 0 Å². The number of hydrogen-bond donors (Lipinski definition) is 0. The lowest BCUT2D eigenvalue weighted by Crippen LogP contribution is -2.14. The second-order valence-corrected chi connectivity index (χ2v) is 8.38. The first-order chi connectivity index (χ1) is 8.34. The van der Waals surface area contributed by atoms with Crippen LogP contribution in [0.5, 0.6) is 0 Å². The summed E-state index contributed by atoms with van der Waals surface area (Å²) >= 11 is 2.49. The molecule has 0 saturated heterocycles. The number of hydrogen-bond acceptors (Lipinski definition) is 6. The molecule has 0 aliphatic carbocycles. The van der Waals surface area contributed by atoms with E-state index < -0.39 is 21.1 Å². The maximum absolute atomic E-state index is 12.1. The van der Waals surface area contributed by atoms with Crippen LogP contribution in [-0.4, -0.2) is 32.5 Å². The fourth-order valence-electron chi connectivity index (χ4n) is 1.25. The smallest absolute Gasteiger partial charge is 0.348 e. The van der Waals surface area contributed by atoms with Crippen LogP contribution in [0.1, 0.15) is 30.4 Å². The molecule has 0 aliphatic heterocycles. The summed E-state index contributed by atoms with van der Waals surface area (Å²) in [6.07, 6.45) is 1.79. The van der Waals surface area contributed by atoms with Gasteiger partial charge in [0.15, 0.2) is 9.84 Å². The van der Waals surface area contributed by atoms with Gasteiger partial charge in [-0.25, -0.2) is 13.2 Å². The molecular formula is C11H16O4S3. The zero-order chi connectivity index (χ0) is 13.9. The molecule has 18 heavy (non-hydrogen) atoms. The van der Waals surface area contributed by atoms with Gasteiger partial charge in [-0.1, -0.05) is 0 Å². The topological polar surface area (TPSA) is 60.4 Å². The minimum Gasteiger partial charge on any atom is -0.462 e. The Kier molecular flexibility index (Phi) is 5.24. The highest BCUT2D eigenvalue weighted by atomic mass is 32.2. The molecule has 0 aliphatic rings. The normalized spacial score (nSPS) is 11.8. The molecule has 0 radical (unpaired) electrons. The summed E-state index contributed by atoms with van der Waals surface area (Å²) in [5.74, 6) is -0.469. The SMILES string of the molecule is CCOC(=O)c1cc(S(=O)(=O)C(C)C)c(SC)s1. The number of carbonyl (C=O) groups is 1. The van der Waals surface area contributed by atoms with E-state index >= 15 is 0 Å². The Balaban J connectivity index is 3.26. The number of ether oxygens (including phenoxy) is 1. The summed E-state index contributed by atoms with van der Waals surface area (Å²) in [6, 6.07) is 1.42. The van der Waals surface area contributed by atoms with E-state index in [4.69, 9.17) is 4.74 Å². The predicted molar refractivity (Wildman–Crippen MR) is 74.4 cm³/mol. The number of carbonyl (C=O) groups excluding carboxylic acids is 1. The Bertz CT molecular complexity index is 528. The van der Waals surface area contributed by atoms with Gasteiger partial charge < -0.3 is 4.74 Å². The van der Waals surface area contributed by atoms with E-state index in [1.54, 1.807) is 27.0 Å². The molecule has 0 atom stereocenters. The van der Waals surface area contributed by atoms with Gasteiger partial charge in [0.1, 0.15) is 4.88 Å². The van der Waals surface area contributed by atoms with Crippen molar-refractivity contribution >= 4 is 38.9 Å². The van der Waals surface area contributed by atoms with Crippen LogP contribution in [0, 0.1) is 0 Å². The van der Waals surface area contributed by atoms with E-state index in [1.165, 1.54) is 17.8 Å². The van der Waals surface area contributed by atoms with Crippen LogP contribution >= 0.6 is 23.1 Å². The Morgan fingerprint density at radius 2 is 2.11 bits per heavy atom. The molecule has 0 amide bonds. The zero-order valence-electron chi connectivity index (χ0n) is 10.7. The van der Waals surface area contributed by atoms with Crippen molar-refractivity contribution in [2.75, 3.05) is 12.9 Å². The van der Waals surface area contributed by atoms with Gasteiger partial charge in [-0.05, 0) is 33.1 Å². The van der Waals surface area contributed by atoms with Crippen LogP contribution < -0.4 is 0 Å². The molecule has 0 N–H and O–H groups in total. The third-order valence-electron chi connectivity index (χ3n) is 2.26. The maximum atomic E-state index is 12.1. The summed E-state index contributed by atoms with van der Waals surface area (Å²) in [5.41, 5.74) is 0. The minimum atomic E-state index is -3.37. The zero-order valence-corrected chi connectivity index (χ0v) is 13.2. The van der Waals surface area contributed by atoms with Gasteiger partial charge in [0.05, 0.1) is 21.0 Å². The lowest BCUT2D eigenvalue weighted by Gasteiger charge is -2.06. The summed E-state index contributed by atoms with van der Waals surface area (Å²) < 4.78 is 29.8. The highest BCUT2D eigenvalue weighted by Crippen LogP contribution is 2.35. The molecule has 0 saturated carbocycles. The van der Waals surface area contributed by atoms with Crippen molar-refractivity contribution in [3.8, 4) is 0 Å². The number of thioether (sulfide) groups is 1. The van der Waals surface area contributed by atoms with E-state index in [0.717, 1.165) is 11.3 Å². The molecule has 1 heterocycles. The van der Waals surface area contributed by atoms with Gasteiger partial charge in [0.2, 0.25) is 0 Å². The molecule has 0 spiro atoms. The molecule has 1 rings (SSSR count). The van der Waals surface area contributed by atoms with Crippen molar-refractivity contribution in [3.05, 3.63) is 10.9 Å². The van der Waals surface area contributed by atoms with E-state index in [0.29, 0.717) is 9.09 Å². The van der Waals surface area contributed by atoms with Crippen molar-refractivity contribution in [1.29, 1.82) is 0 Å². The van der Waals surface area contributed by atoms with Gasteiger partial charge in [0, 0.05) is 0 Å². The number of rotatable bonds is 5. The third-order valence-corrected chi connectivity index (χ3v) is 6.94. The van der Waals surface area contributed by atoms with Gasteiger partial charge in [0.25, 0.3) is 0 Å². The Labute approximate surface area is 116 Å². The van der Waals surface area contributed by atoms with Crippen molar-refractivity contribution in [3.63, 3.8) is 0 Å². The van der Waals surface area contributed by atoms with Crippen LogP contribution in [0.15, 0.2) is 15.2 Å². The third kappa shape index (κ3) is 3.07. The number of sulfone groups is 1. The van der Waals surface area contributed by atoms with Crippen LogP contribution in [0.4, 0.5) is 0 Å². The first-order valence-electron chi connectivity index (χ1n) is 5.43. The van der Waals surface area contributed by atoms with Crippen LogP contribution in [-0.2, 0) is 14.6 Å². The number of thiophene rings is 1. The van der Waals surface area contributed by atoms with E-state index in [2.05, 4.69) is 0 Å². The van der Waals surface area contributed by atoms with Gasteiger partial charge >= 0.3 is 5.97 Å². The average Bonchev–Trinajstić information content (AvgIpc) is 2.73. The maximum Gasteiger partial charge on any atom is 0.348 e. The van der Waals surface area contributed by atoms with Crippen molar-refractivity contribution in [2.24, 2.45) is 0 Å². The Morgan fingerprint density at radius 3 is 2.56 bits per heavy atom. The largest absolute Gasteiger partial charge is 0.462 e. The molecule has 1 aromatic heterocycles. The predicted octanol–water partition coefficient (Wildman–Crippen LogP) is 2.83. The molecule has 7 heteroatoms. The van der Waals surface area contributed by atoms with E-state index in [-0.39, 0.29) is 11.5 Å². The lowest BCUT2D eigenvalue weighted by atomic mass is 10.5. The highest BCUT2D eigenvalue weighted by molar-refractivity contribution is 8.01. The van der Waals surface area contributed by atoms with Crippen LogP contribution in [0.3, 0.4) is 0 Å². The molecule has 0 unspecified atom stereocenters. The van der Waals surface area contributed by atoms with Crippen molar-refractivity contribution in [2.45, 2.75) is 35.1 Å². The van der Waals surface area contributed by atoms with E-state index in [1.807, 2.05) is 0 Å². The standard InChI is InChI=1S/C11H16O4S3/c1-5-15-10(12)8-6-9(11(16-4)17-8)18(13,14)7(2)3/h6-7H,5H2,1-4H3. The lowest BCUT2D eigenvalue weighted by molar-refractivity contribution is 0.0532. The van der Waals surface area contributed by atoms with Gasteiger partial charge in [-0.3, -0.25) is 0 Å². The van der Waals surface area contributed by atoms with Gasteiger partial charge in [-0.15, -0.1) is 23.1 Å².